The molecule has 0 fully saturated rings. The summed E-state index contributed by atoms with van der Waals surface area (Å²) in [6, 6.07) is 21.8. The maximum absolute atomic E-state index is 12.9. The molecular formula is C28H23NO4. The van der Waals surface area contributed by atoms with Crippen LogP contribution in [0.15, 0.2) is 78.9 Å². The van der Waals surface area contributed by atoms with Crippen molar-refractivity contribution in [2.45, 2.75) is 20.3 Å². The summed E-state index contributed by atoms with van der Waals surface area (Å²) in [6.45, 7) is 3.31. The first-order valence-electron chi connectivity index (χ1n) is 10.6. The van der Waals surface area contributed by atoms with Gasteiger partial charge in [0.15, 0.2) is 17.3 Å². The average molecular weight is 437 g/mol. The Hall–Kier alpha value is -4.25. The number of nitrogens with zero attached hydrogens (tertiary/aromatic N) is 1. The van der Waals surface area contributed by atoms with Crippen LogP contribution in [-0.4, -0.2) is 27.0 Å². The highest BCUT2D eigenvalue weighted by atomic mass is 16.3. The maximum Gasteiger partial charge on any atom is 0.174 e. The summed E-state index contributed by atoms with van der Waals surface area (Å²) in [4.78, 5) is 37.7. The summed E-state index contributed by atoms with van der Waals surface area (Å²) in [5.41, 5.74) is 3.57. The minimum Gasteiger partial charge on any atom is -0.507 e. The van der Waals surface area contributed by atoms with Crippen LogP contribution in [0.3, 0.4) is 0 Å². The van der Waals surface area contributed by atoms with E-state index >= 15 is 0 Å². The number of carbonyl (C=O) groups is 3. The van der Waals surface area contributed by atoms with Gasteiger partial charge in [-0.25, -0.2) is 0 Å². The minimum atomic E-state index is -0.486. The average Bonchev–Trinajstić information content (AvgIpc) is 3.09. The number of fused-ring (bicyclic) bond motifs is 1. The first-order chi connectivity index (χ1) is 15.9. The molecule has 0 saturated carbocycles. The molecule has 4 aromatic rings. The molecule has 5 heteroatoms. The number of phenolic OH excluding ortho intramolecular Hbond substituents is 1. The Bertz CT molecular complexity index is 1400. The lowest BCUT2D eigenvalue weighted by Crippen LogP contribution is -2.07. The predicted octanol–water partition coefficient (Wildman–Crippen LogP) is 5.70. The molecule has 1 heterocycles. The number of Topliss-reactive ketones (excluding diaryl/α,β-unsaturated/α-hetero) is 2. The first-order valence-corrected chi connectivity index (χ1v) is 10.6. The highest BCUT2D eigenvalue weighted by molar-refractivity contribution is 6.16. The van der Waals surface area contributed by atoms with Gasteiger partial charge in [-0.15, -0.1) is 0 Å². The van der Waals surface area contributed by atoms with Gasteiger partial charge in [0, 0.05) is 22.3 Å². The van der Waals surface area contributed by atoms with Gasteiger partial charge in [0.25, 0.3) is 0 Å². The number of hydrogen-bond acceptors (Lipinski definition) is 4. The molecule has 1 N–H and O–H groups in total. The Morgan fingerprint density at radius 2 is 1.58 bits per heavy atom. The van der Waals surface area contributed by atoms with Crippen molar-refractivity contribution in [2.75, 3.05) is 0 Å². The highest BCUT2D eigenvalue weighted by Gasteiger charge is 2.23. The number of aromatic hydroxyl groups is 1. The van der Waals surface area contributed by atoms with Crippen molar-refractivity contribution in [3.8, 4) is 11.4 Å². The van der Waals surface area contributed by atoms with Crippen LogP contribution in [0, 0.1) is 6.92 Å². The lowest BCUT2D eigenvalue weighted by atomic mass is 10.0. The van der Waals surface area contributed by atoms with Gasteiger partial charge in [0.05, 0.1) is 17.5 Å². The van der Waals surface area contributed by atoms with Crippen LogP contribution in [0.25, 0.3) is 22.7 Å². The smallest absolute Gasteiger partial charge is 0.174 e. The van der Waals surface area contributed by atoms with Crippen molar-refractivity contribution in [2.24, 2.45) is 0 Å². The molecule has 1 aromatic heterocycles. The zero-order valence-electron chi connectivity index (χ0n) is 18.4. The van der Waals surface area contributed by atoms with Gasteiger partial charge < -0.3 is 9.67 Å². The van der Waals surface area contributed by atoms with Crippen molar-refractivity contribution in [3.05, 3.63) is 101 Å². The van der Waals surface area contributed by atoms with Crippen LogP contribution in [0.5, 0.6) is 5.75 Å². The molecule has 0 bridgehead atoms. The van der Waals surface area contributed by atoms with E-state index in [0.29, 0.717) is 16.5 Å². The topological polar surface area (TPSA) is 76.4 Å². The number of para-hydroxylation sites is 1. The van der Waals surface area contributed by atoms with Crippen LogP contribution < -0.4 is 0 Å². The van der Waals surface area contributed by atoms with Crippen molar-refractivity contribution < 1.29 is 19.5 Å². The number of benzene rings is 3. The number of carbonyl (C=O) groups excluding carboxylic acids is 3. The summed E-state index contributed by atoms with van der Waals surface area (Å²) >= 11 is 0. The largest absolute Gasteiger partial charge is 0.507 e. The fourth-order valence-corrected chi connectivity index (χ4v) is 4.09. The SMILES string of the molecule is CC(=O)c1c(C)n(-c2ccccc2)c2cc(C(=O)CC(=O)C=Cc3ccccc3)c(O)cc12. The zero-order chi connectivity index (χ0) is 23.5. The van der Waals surface area contributed by atoms with Gasteiger partial charge in [-0.3, -0.25) is 14.4 Å². The van der Waals surface area contributed by atoms with Crippen LogP contribution in [0.4, 0.5) is 0 Å². The van der Waals surface area contributed by atoms with Crippen LogP contribution >= 0.6 is 0 Å². The summed E-state index contributed by atoms with van der Waals surface area (Å²) < 4.78 is 1.89. The molecule has 0 unspecified atom stereocenters. The van der Waals surface area contributed by atoms with E-state index in [2.05, 4.69) is 0 Å². The molecule has 0 aliphatic carbocycles. The van der Waals surface area contributed by atoms with Crippen molar-refractivity contribution >= 4 is 34.3 Å². The molecular weight excluding hydrogens is 414 g/mol. The van der Waals surface area contributed by atoms with Crippen molar-refractivity contribution in [3.63, 3.8) is 0 Å². The van der Waals surface area contributed by atoms with Gasteiger partial charge in [0.2, 0.25) is 0 Å². The van der Waals surface area contributed by atoms with Crippen LogP contribution in [0.1, 0.15) is 45.3 Å². The highest BCUT2D eigenvalue weighted by Crippen LogP contribution is 2.34. The summed E-state index contributed by atoms with van der Waals surface area (Å²) in [7, 11) is 0. The molecule has 4 rings (SSSR count). The van der Waals surface area contributed by atoms with Gasteiger partial charge in [-0.1, -0.05) is 54.6 Å². The third-order valence-electron chi connectivity index (χ3n) is 5.58. The fourth-order valence-electron chi connectivity index (χ4n) is 4.09. The number of hydrogen-bond donors (Lipinski definition) is 1. The van der Waals surface area contributed by atoms with E-state index in [1.54, 1.807) is 12.1 Å². The lowest BCUT2D eigenvalue weighted by Gasteiger charge is -2.10. The molecule has 5 nitrogen and oxygen atoms in total. The van der Waals surface area contributed by atoms with Gasteiger partial charge in [-0.2, -0.15) is 0 Å². The Kier molecular flexibility index (Phi) is 6.05. The fraction of sp³-hybridized carbons (Fsp3) is 0.107. The molecule has 3 aromatic carbocycles. The second-order valence-electron chi connectivity index (χ2n) is 7.88. The van der Waals surface area contributed by atoms with E-state index in [4.69, 9.17) is 0 Å². The maximum atomic E-state index is 12.9. The Labute approximate surface area is 191 Å². The molecule has 0 aliphatic heterocycles. The van der Waals surface area contributed by atoms with E-state index < -0.39 is 5.78 Å². The number of aromatic nitrogens is 1. The molecule has 0 radical (unpaired) electrons. The van der Waals surface area contributed by atoms with Crippen LogP contribution in [-0.2, 0) is 4.79 Å². The molecule has 33 heavy (non-hydrogen) atoms. The third kappa shape index (κ3) is 4.39. The third-order valence-corrected chi connectivity index (χ3v) is 5.58. The second-order valence-corrected chi connectivity index (χ2v) is 7.88. The zero-order valence-corrected chi connectivity index (χ0v) is 18.4. The number of ketones is 3. The molecule has 0 spiro atoms. The minimum absolute atomic E-state index is 0.0498. The second kappa shape index (κ2) is 9.09. The Morgan fingerprint density at radius 3 is 2.21 bits per heavy atom. The Balaban J connectivity index is 1.73. The summed E-state index contributed by atoms with van der Waals surface area (Å²) in [6.07, 6.45) is 2.65. The number of rotatable bonds is 7. The molecule has 164 valence electrons. The van der Waals surface area contributed by atoms with Gasteiger partial charge >= 0.3 is 0 Å². The Morgan fingerprint density at radius 1 is 0.939 bits per heavy atom. The van der Waals surface area contributed by atoms with Gasteiger partial charge in [0.1, 0.15) is 5.75 Å². The predicted molar refractivity (Wildman–Crippen MR) is 129 cm³/mol. The quantitative estimate of drug-likeness (QED) is 0.228. The molecule has 0 amide bonds. The standard InChI is InChI=1S/C28H23NO4/c1-18-28(19(2)30)23-17-27(33)24(16-25(23)29(18)21-11-7-4-8-12-21)26(32)15-22(31)14-13-20-9-5-3-6-10-20/h3-14,16-17,33H,15H2,1-2H3. The van der Waals surface area contributed by atoms with E-state index in [0.717, 1.165) is 16.9 Å². The van der Waals surface area contributed by atoms with Crippen molar-refractivity contribution in [1.29, 1.82) is 0 Å². The van der Waals surface area contributed by atoms with E-state index in [1.807, 2.05) is 72.2 Å². The first kappa shape index (κ1) is 22.0. The lowest BCUT2D eigenvalue weighted by molar-refractivity contribution is -0.113. The van der Waals surface area contributed by atoms with E-state index in [9.17, 15) is 19.5 Å². The summed E-state index contributed by atoms with van der Waals surface area (Å²) in [5.74, 6) is -1.23. The molecule has 0 atom stereocenters. The summed E-state index contributed by atoms with van der Waals surface area (Å²) in [5, 5.41) is 11.2. The number of allylic oxidation sites excluding steroid dienone is 1. The van der Waals surface area contributed by atoms with Gasteiger partial charge in [-0.05, 0) is 49.8 Å². The number of phenols is 1. The van der Waals surface area contributed by atoms with Crippen molar-refractivity contribution in [1.82, 2.24) is 4.57 Å². The van der Waals surface area contributed by atoms with Crippen LogP contribution in [0.2, 0.25) is 0 Å². The van der Waals surface area contributed by atoms with E-state index in [1.165, 1.54) is 19.1 Å². The normalized spacial score (nSPS) is 11.2. The molecule has 0 saturated heterocycles. The van der Waals surface area contributed by atoms with E-state index in [-0.39, 0.29) is 29.3 Å². The molecule has 0 aliphatic rings. The monoisotopic (exact) mass is 437 g/mol.